The maximum absolute atomic E-state index is 13.9. The van der Waals surface area contributed by atoms with Gasteiger partial charge in [-0.05, 0) is 60.0 Å². The van der Waals surface area contributed by atoms with Gasteiger partial charge in [-0.1, -0.05) is 18.2 Å². The summed E-state index contributed by atoms with van der Waals surface area (Å²) in [6.45, 7) is 2.24. The van der Waals surface area contributed by atoms with Crippen LogP contribution in [0.25, 0.3) is 21.3 Å². The van der Waals surface area contributed by atoms with Crippen molar-refractivity contribution in [2.45, 2.75) is 20.0 Å². The van der Waals surface area contributed by atoms with Crippen LogP contribution >= 0.6 is 11.3 Å². The highest BCUT2D eigenvalue weighted by Gasteiger charge is 2.15. The molecule has 1 amide bonds. The number of nitrogen functional groups attached to an aromatic ring is 1. The number of aryl methyl sites for hydroxylation is 1. The second-order valence-electron chi connectivity index (χ2n) is 8.61. The van der Waals surface area contributed by atoms with E-state index in [4.69, 9.17) is 5.73 Å². The van der Waals surface area contributed by atoms with Crippen molar-refractivity contribution in [1.29, 1.82) is 5.26 Å². The molecule has 0 atom stereocenters. The minimum atomic E-state index is -0.416. The van der Waals surface area contributed by atoms with Crippen LogP contribution in [0.3, 0.4) is 0 Å². The predicted octanol–water partition coefficient (Wildman–Crippen LogP) is 5.20. The summed E-state index contributed by atoms with van der Waals surface area (Å²) in [5, 5.41) is 16.1. The fourth-order valence-corrected chi connectivity index (χ4v) is 4.84. The molecule has 4 N–H and O–H groups in total. The number of amides is 1. The second kappa shape index (κ2) is 10.6. The van der Waals surface area contributed by atoms with Crippen molar-refractivity contribution in [3.63, 3.8) is 0 Å². The third-order valence-electron chi connectivity index (χ3n) is 5.99. The van der Waals surface area contributed by atoms with Crippen LogP contribution in [-0.2, 0) is 13.1 Å². The Kier molecular flexibility index (Phi) is 6.93. The maximum Gasteiger partial charge on any atom is 0.255 e. The van der Waals surface area contributed by atoms with E-state index in [-0.39, 0.29) is 23.5 Å². The number of hydrogen-bond donors (Lipinski definition) is 3. The normalized spacial score (nSPS) is 10.8. The molecule has 5 rings (SSSR count). The Hall–Kier alpha value is -4.88. The number of benzene rings is 2. The Morgan fingerprint density at radius 3 is 2.76 bits per heavy atom. The van der Waals surface area contributed by atoms with Gasteiger partial charge in [0.25, 0.3) is 5.91 Å². The maximum atomic E-state index is 13.9. The molecule has 3 aromatic heterocycles. The Morgan fingerprint density at radius 1 is 1.08 bits per heavy atom. The van der Waals surface area contributed by atoms with Crippen LogP contribution in [0.2, 0.25) is 0 Å². The molecule has 0 aliphatic carbocycles. The van der Waals surface area contributed by atoms with Gasteiger partial charge in [-0.2, -0.15) is 5.26 Å². The van der Waals surface area contributed by atoms with E-state index < -0.39 is 5.91 Å². The van der Waals surface area contributed by atoms with Crippen LogP contribution in [0.1, 0.15) is 31.9 Å². The fraction of sp³-hybridized carbons (Fsp3) is 0.107. The number of nitrogens with two attached hydrogens (primary N) is 1. The van der Waals surface area contributed by atoms with E-state index in [9.17, 15) is 14.4 Å². The lowest BCUT2D eigenvalue weighted by Gasteiger charge is -2.12. The number of nitrogens with one attached hydrogen (secondary N) is 2. The molecule has 0 spiro atoms. The van der Waals surface area contributed by atoms with Crippen molar-refractivity contribution in [1.82, 2.24) is 20.3 Å². The van der Waals surface area contributed by atoms with Crippen LogP contribution in [-0.4, -0.2) is 20.9 Å². The first-order valence-corrected chi connectivity index (χ1v) is 12.5. The predicted molar refractivity (Wildman–Crippen MR) is 146 cm³/mol. The lowest BCUT2D eigenvalue weighted by atomic mass is 10.1. The summed E-state index contributed by atoms with van der Waals surface area (Å²) in [6, 6.07) is 18.2. The lowest BCUT2D eigenvalue weighted by Crippen LogP contribution is -2.24. The number of nitrogens with zero attached hydrogens (tertiary/aromatic N) is 4. The molecule has 5 aromatic rings. The topological polar surface area (TPSA) is 130 Å². The summed E-state index contributed by atoms with van der Waals surface area (Å²) in [5.41, 5.74) is 9.46. The highest BCUT2D eigenvalue weighted by molar-refractivity contribution is 7.15. The van der Waals surface area contributed by atoms with Gasteiger partial charge in [0.05, 0.1) is 23.2 Å². The van der Waals surface area contributed by atoms with Gasteiger partial charge >= 0.3 is 0 Å². The number of aromatic nitrogens is 3. The summed E-state index contributed by atoms with van der Waals surface area (Å²) >= 11 is 1.59. The van der Waals surface area contributed by atoms with Crippen LogP contribution < -0.4 is 16.4 Å². The van der Waals surface area contributed by atoms with Crippen LogP contribution in [0.4, 0.5) is 16.0 Å². The first-order valence-electron chi connectivity index (χ1n) is 11.7. The molecule has 10 heteroatoms. The highest BCUT2D eigenvalue weighted by atomic mass is 32.1. The smallest absolute Gasteiger partial charge is 0.255 e. The minimum absolute atomic E-state index is 0.141. The zero-order valence-corrected chi connectivity index (χ0v) is 21.1. The van der Waals surface area contributed by atoms with Gasteiger partial charge in [0.1, 0.15) is 29.8 Å². The third-order valence-corrected chi connectivity index (χ3v) is 7.13. The Bertz CT molecular complexity index is 1710. The van der Waals surface area contributed by atoms with Crippen molar-refractivity contribution >= 4 is 39.8 Å². The summed E-state index contributed by atoms with van der Waals surface area (Å²) in [6.07, 6.45) is 2.86. The van der Waals surface area contributed by atoms with Crippen LogP contribution in [0.15, 0.2) is 67.1 Å². The molecule has 0 saturated heterocycles. The van der Waals surface area contributed by atoms with E-state index in [0.717, 1.165) is 26.2 Å². The number of thiophene rings is 1. The Morgan fingerprint density at radius 2 is 1.95 bits per heavy atom. The molecule has 0 unspecified atom stereocenters. The van der Waals surface area contributed by atoms with E-state index in [1.807, 2.05) is 36.4 Å². The second-order valence-corrected chi connectivity index (χ2v) is 9.78. The number of anilines is 2. The number of nitriles is 1. The number of hydrogen-bond acceptors (Lipinski definition) is 8. The van der Waals surface area contributed by atoms with E-state index in [0.29, 0.717) is 29.3 Å². The first kappa shape index (κ1) is 24.8. The van der Waals surface area contributed by atoms with Gasteiger partial charge in [-0.15, -0.1) is 11.3 Å². The number of halogens is 1. The molecular weight excluding hydrogens is 501 g/mol. The molecule has 0 radical (unpaired) electrons. The number of carbonyl (C=O) groups excluding carboxylic acids is 1. The number of fused-ring (bicyclic) bond motifs is 1. The van der Waals surface area contributed by atoms with Gasteiger partial charge in [-0.3, -0.25) is 4.79 Å². The van der Waals surface area contributed by atoms with Crippen molar-refractivity contribution in [2.75, 3.05) is 11.1 Å². The molecule has 0 aliphatic heterocycles. The molecule has 38 heavy (non-hydrogen) atoms. The third kappa shape index (κ3) is 5.28. The Labute approximate surface area is 222 Å². The summed E-state index contributed by atoms with van der Waals surface area (Å²) in [7, 11) is 0. The molecule has 8 nitrogen and oxygen atoms in total. The number of rotatable bonds is 7. The average molecular weight is 524 g/mol. The van der Waals surface area contributed by atoms with Gasteiger partial charge < -0.3 is 16.4 Å². The van der Waals surface area contributed by atoms with E-state index in [2.05, 4.69) is 25.6 Å². The van der Waals surface area contributed by atoms with Crippen LogP contribution in [0, 0.1) is 24.1 Å². The number of pyridine rings is 1. The SMILES string of the molecule is Cc1ccc(CNC(=O)c2cc(C#N)cnc2NCc2ccc(-c3ccc4ncnc(N)c4c3)s2)cc1F. The largest absolute Gasteiger partial charge is 0.383 e. The molecule has 0 bridgehead atoms. The molecule has 0 fully saturated rings. The highest BCUT2D eigenvalue weighted by Crippen LogP contribution is 2.31. The molecule has 0 saturated carbocycles. The lowest BCUT2D eigenvalue weighted by molar-refractivity contribution is 0.0951. The van der Waals surface area contributed by atoms with Gasteiger partial charge in [0.15, 0.2) is 0 Å². The molecule has 2 aromatic carbocycles. The standard InChI is InChI=1S/C28H22FN7OS/c1-16-2-3-17(9-23(16)29)12-34-28(37)22-8-18(11-30)13-32-27(22)33-14-20-5-7-25(38-20)19-4-6-24-21(10-19)26(31)36-15-35-24/h2-10,13,15H,12,14H2,1H3,(H,32,33)(H,34,37)(H2,31,35,36). The van der Waals surface area contributed by atoms with E-state index >= 15 is 0 Å². The fourth-order valence-electron chi connectivity index (χ4n) is 3.89. The van der Waals surface area contributed by atoms with Crippen molar-refractivity contribution in [2.24, 2.45) is 0 Å². The molecular formula is C28H22FN7OS. The average Bonchev–Trinajstić information content (AvgIpc) is 3.41. The molecule has 3 heterocycles. The van der Waals surface area contributed by atoms with Crippen LogP contribution in [0.5, 0.6) is 0 Å². The minimum Gasteiger partial charge on any atom is -0.383 e. The monoisotopic (exact) mass is 523 g/mol. The Balaban J connectivity index is 1.31. The quantitative estimate of drug-likeness (QED) is 0.267. The zero-order valence-electron chi connectivity index (χ0n) is 20.3. The summed E-state index contributed by atoms with van der Waals surface area (Å²) in [5.74, 6) is 0.0339. The molecule has 188 valence electrons. The van der Waals surface area contributed by atoms with Gasteiger partial charge in [0.2, 0.25) is 0 Å². The summed E-state index contributed by atoms with van der Waals surface area (Å²) < 4.78 is 13.9. The van der Waals surface area contributed by atoms with E-state index in [1.54, 1.807) is 30.4 Å². The zero-order chi connectivity index (χ0) is 26.6. The van der Waals surface area contributed by atoms with Gasteiger partial charge in [0, 0.05) is 27.9 Å². The van der Waals surface area contributed by atoms with Crippen molar-refractivity contribution < 1.29 is 9.18 Å². The van der Waals surface area contributed by atoms with Gasteiger partial charge in [-0.25, -0.2) is 19.3 Å². The summed E-state index contributed by atoms with van der Waals surface area (Å²) in [4.78, 5) is 27.7. The van der Waals surface area contributed by atoms with E-state index in [1.165, 1.54) is 24.7 Å². The van der Waals surface area contributed by atoms with Crippen molar-refractivity contribution in [3.8, 4) is 16.5 Å². The number of carbonyl (C=O) groups is 1. The first-order chi connectivity index (χ1) is 18.4. The molecule has 0 aliphatic rings. The van der Waals surface area contributed by atoms with Crippen molar-refractivity contribution in [3.05, 3.63) is 100 Å².